The predicted molar refractivity (Wildman–Crippen MR) is 150 cm³/mol. The first-order valence-corrected chi connectivity index (χ1v) is 14.8. The van der Waals surface area contributed by atoms with Crippen molar-refractivity contribution in [1.82, 2.24) is 9.62 Å². The SMILES string of the molecule is CCNC(=O)[C@]12CC(C=N)C(Nc3ccc(F)cc3)CC1CCN([S+](=O)(O)c1ccc(C(C)(C)C)cc1)C2. The molecule has 2 aromatic carbocycles. The monoisotopic (exact) mass is 543 g/mol. The van der Waals surface area contributed by atoms with Gasteiger partial charge < -0.3 is 16.0 Å². The number of piperidine rings is 1. The topological polar surface area (TPSA) is 106 Å². The number of halogens is 1. The van der Waals surface area contributed by atoms with Gasteiger partial charge in [-0.2, -0.15) is 4.55 Å². The van der Waals surface area contributed by atoms with Crippen molar-refractivity contribution >= 4 is 28.2 Å². The summed E-state index contributed by atoms with van der Waals surface area (Å²) in [7, 11) is -3.56. The van der Waals surface area contributed by atoms with Gasteiger partial charge in [-0.05, 0) is 83.7 Å². The van der Waals surface area contributed by atoms with Crippen molar-refractivity contribution in [1.29, 1.82) is 5.41 Å². The summed E-state index contributed by atoms with van der Waals surface area (Å²) < 4.78 is 40.2. The van der Waals surface area contributed by atoms with Gasteiger partial charge in [0.15, 0.2) is 0 Å². The molecule has 1 aliphatic carbocycles. The normalized spacial score (nSPS) is 27.6. The standard InChI is InChI=1S/C29H39FN4O3S/c1-5-32-27(35)29-17-20(18-31)26(33-24-10-8-23(30)9-11-24)16-22(29)14-15-34(19-29)38(36,37)25-12-6-21(7-13-25)28(2,3)4/h6-13,18,20,22,26,31,33H,5,14-17,19H2,1-4H3,(H-,32,35,36,37)/p+1/t20?,22?,26?,29-/m0/s1. The Balaban J connectivity index is 1.62. The molecule has 0 bridgehead atoms. The quantitative estimate of drug-likeness (QED) is 0.279. The van der Waals surface area contributed by atoms with Crippen LogP contribution in [0.2, 0.25) is 0 Å². The number of nitrogens with zero attached hydrogens (tertiary/aromatic N) is 1. The molecule has 1 saturated heterocycles. The summed E-state index contributed by atoms with van der Waals surface area (Å²) in [5.74, 6) is -0.733. The third kappa shape index (κ3) is 5.55. The van der Waals surface area contributed by atoms with Gasteiger partial charge in [-0.15, -0.1) is 0 Å². The Hall–Kier alpha value is -2.62. The lowest BCUT2D eigenvalue weighted by atomic mass is 9.58. The highest BCUT2D eigenvalue weighted by molar-refractivity contribution is 7.95. The van der Waals surface area contributed by atoms with Crippen LogP contribution in [0.4, 0.5) is 10.1 Å². The van der Waals surface area contributed by atoms with E-state index in [0.717, 1.165) is 11.3 Å². The molecule has 2 aliphatic rings. The maximum atomic E-state index is 13.8. The summed E-state index contributed by atoms with van der Waals surface area (Å²) >= 11 is 0. The minimum atomic E-state index is -3.56. The largest absolute Gasteiger partial charge is 0.382 e. The van der Waals surface area contributed by atoms with Crippen molar-refractivity contribution in [3.8, 4) is 0 Å². The van der Waals surface area contributed by atoms with Gasteiger partial charge in [0.05, 0.1) is 12.0 Å². The van der Waals surface area contributed by atoms with E-state index in [9.17, 15) is 17.9 Å². The Labute approximate surface area is 226 Å². The molecule has 0 radical (unpaired) electrons. The Kier molecular flexibility index (Phi) is 8.12. The van der Waals surface area contributed by atoms with Gasteiger partial charge in [0.1, 0.15) is 5.82 Å². The summed E-state index contributed by atoms with van der Waals surface area (Å²) in [5.41, 5.74) is 0.879. The molecule has 0 aromatic heterocycles. The number of nitrogens with one attached hydrogen (secondary N) is 3. The third-order valence-electron chi connectivity index (χ3n) is 8.20. The average molecular weight is 544 g/mol. The second kappa shape index (κ2) is 10.9. The molecule has 38 heavy (non-hydrogen) atoms. The Bertz CT molecular complexity index is 1200. The van der Waals surface area contributed by atoms with Crippen LogP contribution < -0.4 is 10.6 Å². The number of rotatable bonds is 7. The van der Waals surface area contributed by atoms with Crippen molar-refractivity contribution in [2.75, 3.05) is 25.0 Å². The van der Waals surface area contributed by atoms with Crippen LogP contribution in [-0.2, 0) is 24.8 Å². The smallest absolute Gasteiger partial charge is 0.325 e. The molecule has 1 amide bonds. The van der Waals surface area contributed by atoms with Gasteiger partial charge in [0, 0.05) is 37.0 Å². The minimum absolute atomic E-state index is 0.0297. The van der Waals surface area contributed by atoms with Crippen LogP contribution in [0.1, 0.15) is 52.5 Å². The van der Waals surface area contributed by atoms with E-state index in [2.05, 4.69) is 31.4 Å². The van der Waals surface area contributed by atoms with Crippen molar-refractivity contribution in [2.24, 2.45) is 17.3 Å². The number of anilines is 1. The number of hydrogen-bond acceptors (Lipinski definition) is 4. The molecular weight excluding hydrogens is 503 g/mol. The van der Waals surface area contributed by atoms with Crippen molar-refractivity contribution in [2.45, 2.75) is 63.3 Å². The highest BCUT2D eigenvalue weighted by atomic mass is 32.3. The fraction of sp³-hybridized carbons (Fsp3) is 0.517. The van der Waals surface area contributed by atoms with Crippen LogP contribution in [0, 0.1) is 28.5 Å². The Morgan fingerprint density at radius 1 is 1.21 bits per heavy atom. The van der Waals surface area contributed by atoms with E-state index in [1.807, 2.05) is 19.1 Å². The molecule has 206 valence electrons. The summed E-state index contributed by atoms with van der Waals surface area (Å²) in [6.07, 6.45) is 2.98. The van der Waals surface area contributed by atoms with E-state index in [4.69, 9.17) is 5.41 Å². The van der Waals surface area contributed by atoms with Crippen LogP contribution in [0.15, 0.2) is 53.4 Å². The number of hydrogen-bond donors (Lipinski definition) is 4. The van der Waals surface area contributed by atoms with E-state index < -0.39 is 15.8 Å². The van der Waals surface area contributed by atoms with E-state index in [1.165, 1.54) is 18.3 Å². The number of benzene rings is 2. The first-order valence-electron chi connectivity index (χ1n) is 13.3. The Morgan fingerprint density at radius 2 is 1.87 bits per heavy atom. The molecule has 1 saturated carbocycles. The number of carbonyl (C=O) groups is 1. The highest BCUT2D eigenvalue weighted by Crippen LogP contribution is 2.50. The van der Waals surface area contributed by atoms with Crippen LogP contribution in [0.3, 0.4) is 0 Å². The summed E-state index contributed by atoms with van der Waals surface area (Å²) in [6, 6.07) is 13.3. The average Bonchev–Trinajstić information content (AvgIpc) is 2.89. The Morgan fingerprint density at radius 3 is 2.45 bits per heavy atom. The summed E-state index contributed by atoms with van der Waals surface area (Å²) in [4.78, 5) is 14.0. The van der Waals surface area contributed by atoms with Crippen molar-refractivity contribution in [3.05, 3.63) is 59.9 Å². The molecule has 2 aromatic rings. The third-order valence-corrected chi connectivity index (χ3v) is 10.1. The maximum Gasteiger partial charge on any atom is 0.325 e. The van der Waals surface area contributed by atoms with Crippen LogP contribution >= 0.6 is 0 Å². The second-order valence-corrected chi connectivity index (χ2v) is 13.6. The molecule has 4 rings (SSSR count). The lowest BCUT2D eigenvalue weighted by molar-refractivity contribution is -0.141. The van der Waals surface area contributed by atoms with Crippen LogP contribution in [-0.4, -0.2) is 46.7 Å². The van der Waals surface area contributed by atoms with E-state index in [1.54, 1.807) is 28.6 Å². The van der Waals surface area contributed by atoms with Crippen molar-refractivity contribution < 1.29 is 17.9 Å². The van der Waals surface area contributed by atoms with Crippen LogP contribution in [0.5, 0.6) is 0 Å². The lowest BCUT2D eigenvalue weighted by Crippen LogP contribution is -2.63. The van der Waals surface area contributed by atoms with E-state index >= 15 is 0 Å². The molecule has 9 heteroatoms. The van der Waals surface area contributed by atoms with Crippen LogP contribution in [0.25, 0.3) is 0 Å². The molecule has 2 fully saturated rings. The number of carbonyl (C=O) groups excluding carboxylic acids is 1. The van der Waals surface area contributed by atoms with Gasteiger partial charge >= 0.3 is 10.4 Å². The second-order valence-electron chi connectivity index (χ2n) is 11.7. The molecular formula is C29H40FN4O3S+. The van der Waals surface area contributed by atoms with E-state index in [0.29, 0.717) is 37.2 Å². The first kappa shape index (κ1) is 28.4. The molecule has 7 nitrogen and oxygen atoms in total. The minimum Gasteiger partial charge on any atom is -0.382 e. The molecule has 0 spiro atoms. The first-order chi connectivity index (χ1) is 17.9. The zero-order valence-electron chi connectivity index (χ0n) is 22.7. The summed E-state index contributed by atoms with van der Waals surface area (Å²) in [5, 5.41) is 14.6. The van der Waals surface area contributed by atoms with E-state index in [-0.39, 0.29) is 41.6 Å². The lowest BCUT2D eigenvalue weighted by Gasteiger charge is -2.52. The zero-order valence-corrected chi connectivity index (χ0v) is 23.5. The van der Waals surface area contributed by atoms with Gasteiger partial charge in [-0.25, -0.2) is 4.39 Å². The molecule has 1 aliphatic heterocycles. The van der Waals surface area contributed by atoms with Gasteiger partial charge in [0.25, 0.3) is 0 Å². The van der Waals surface area contributed by atoms with Gasteiger partial charge in [0.2, 0.25) is 10.8 Å². The number of fused-ring (bicyclic) bond motifs is 1. The zero-order chi connectivity index (χ0) is 27.7. The molecule has 1 heterocycles. The van der Waals surface area contributed by atoms with Gasteiger partial charge in [-0.1, -0.05) is 37.2 Å². The highest BCUT2D eigenvalue weighted by Gasteiger charge is 2.58. The molecule has 5 atom stereocenters. The maximum absolute atomic E-state index is 13.8. The number of amides is 1. The van der Waals surface area contributed by atoms with Crippen molar-refractivity contribution in [3.63, 3.8) is 0 Å². The predicted octanol–water partition coefficient (Wildman–Crippen LogP) is 5.35. The molecule has 4 unspecified atom stereocenters. The molecule has 4 N–H and O–H groups in total. The summed E-state index contributed by atoms with van der Waals surface area (Å²) in [6.45, 7) is 9.16. The van der Waals surface area contributed by atoms with Gasteiger partial charge in [-0.3, -0.25) is 4.79 Å². The fourth-order valence-electron chi connectivity index (χ4n) is 6.00. The fourth-order valence-corrected chi connectivity index (χ4v) is 7.55.